The van der Waals surface area contributed by atoms with E-state index in [0.29, 0.717) is 18.7 Å². The largest absolute Gasteiger partial charge is 0.361 e. The highest BCUT2D eigenvalue weighted by atomic mass is 32.2. The van der Waals surface area contributed by atoms with Crippen molar-refractivity contribution in [2.75, 3.05) is 5.75 Å². The molecule has 0 amide bonds. The molecule has 6 nitrogen and oxygen atoms in total. The van der Waals surface area contributed by atoms with E-state index in [1.165, 1.54) is 19.1 Å². The first kappa shape index (κ1) is 20.4. The minimum Gasteiger partial charge on any atom is -0.361 e. The summed E-state index contributed by atoms with van der Waals surface area (Å²) >= 11 is 0. The quantitative estimate of drug-likeness (QED) is 0.575. The lowest BCUT2D eigenvalue weighted by molar-refractivity contribution is 0.325. The molecule has 1 aliphatic rings. The molecule has 2 aromatic carbocycles. The van der Waals surface area contributed by atoms with E-state index in [4.69, 9.17) is 4.18 Å². The van der Waals surface area contributed by atoms with Gasteiger partial charge in [-0.15, -0.1) is 0 Å². The zero-order chi connectivity index (χ0) is 21.5. The Morgan fingerprint density at radius 2 is 1.63 bits per heavy atom. The summed E-state index contributed by atoms with van der Waals surface area (Å²) in [4.78, 5) is 13.3. The van der Waals surface area contributed by atoms with Gasteiger partial charge in [0.2, 0.25) is 5.88 Å². The molecule has 30 heavy (non-hydrogen) atoms. The van der Waals surface area contributed by atoms with Gasteiger partial charge in [0.05, 0.1) is 5.75 Å². The molecular formula is C22H23FN2O4S. The number of nitrogens with zero attached hydrogens (tertiary/aromatic N) is 2. The van der Waals surface area contributed by atoms with Crippen molar-refractivity contribution in [3.63, 3.8) is 0 Å². The Balaban J connectivity index is 1.94. The van der Waals surface area contributed by atoms with Crippen molar-refractivity contribution in [2.24, 2.45) is 0 Å². The SMILES string of the molecule is CCS(=O)(=O)Oc1c(-c2cc(-c3ccc(F)cc3)ccc2C)c(=O)n2n1CCCC2. The Hall–Kier alpha value is -2.87. The van der Waals surface area contributed by atoms with Crippen LogP contribution in [-0.4, -0.2) is 23.5 Å². The van der Waals surface area contributed by atoms with Crippen LogP contribution in [0.1, 0.15) is 25.3 Å². The summed E-state index contributed by atoms with van der Waals surface area (Å²) in [5.41, 5.74) is 3.00. The molecule has 1 aromatic heterocycles. The fourth-order valence-electron chi connectivity index (χ4n) is 3.74. The molecule has 8 heteroatoms. The number of rotatable bonds is 5. The van der Waals surface area contributed by atoms with Crippen LogP contribution in [0.4, 0.5) is 4.39 Å². The van der Waals surface area contributed by atoms with Gasteiger partial charge in [0.15, 0.2) is 0 Å². The Kier molecular flexibility index (Phi) is 5.27. The van der Waals surface area contributed by atoms with Gasteiger partial charge >= 0.3 is 10.1 Å². The summed E-state index contributed by atoms with van der Waals surface area (Å²) in [6.07, 6.45) is 1.68. The van der Waals surface area contributed by atoms with E-state index in [9.17, 15) is 17.6 Å². The first-order valence-corrected chi connectivity index (χ1v) is 11.5. The second-order valence-corrected chi connectivity index (χ2v) is 9.26. The van der Waals surface area contributed by atoms with Crippen LogP contribution in [0.5, 0.6) is 5.88 Å². The number of aryl methyl sites for hydroxylation is 1. The number of hydrogen-bond donors (Lipinski definition) is 0. The first-order chi connectivity index (χ1) is 14.3. The Morgan fingerprint density at radius 1 is 1.00 bits per heavy atom. The summed E-state index contributed by atoms with van der Waals surface area (Å²) in [5.74, 6) is -0.453. The zero-order valence-electron chi connectivity index (χ0n) is 16.9. The molecule has 2 heterocycles. The monoisotopic (exact) mass is 430 g/mol. The van der Waals surface area contributed by atoms with Crippen LogP contribution in [0.15, 0.2) is 47.3 Å². The van der Waals surface area contributed by atoms with Crippen molar-refractivity contribution >= 4 is 10.1 Å². The fourth-order valence-corrected chi connectivity index (χ4v) is 4.27. The van der Waals surface area contributed by atoms with Crippen LogP contribution in [0, 0.1) is 12.7 Å². The van der Waals surface area contributed by atoms with E-state index >= 15 is 0 Å². The number of benzene rings is 2. The molecule has 0 spiro atoms. The maximum absolute atomic E-state index is 13.3. The van der Waals surface area contributed by atoms with E-state index < -0.39 is 10.1 Å². The zero-order valence-corrected chi connectivity index (χ0v) is 17.7. The van der Waals surface area contributed by atoms with Gasteiger partial charge in [-0.1, -0.05) is 24.3 Å². The van der Waals surface area contributed by atoms with Gasteiger partial charge in [-0.25, -0.2) is 13.8 Å². The highest BCUT2D eigenvalue weighted by Gasteiger charge is 2.28. The molecule has 0 unspecified atom stereocenters. The molecule has 0 radical (unpaired) electrons. The Labute approximate surface area is 174 Å². The molecule has 0 bridgehead atoms. The molecule has 4 rings (SSSR count). The first-order valence-electron chi connectivity index (χ1n) is 9.93. The smallest absolute Gasteiger partial charge is 0.310 e. The topological polar surface area (TPSA) is 70.3 Å². The molecule has 1 aliphatic heterocycles. The molecule has 0 aliphatic carbocycles. The second-order valence-electron chi connectivity index (χ2n) is 7.40. The van der Waals surface area contributed by atoms with Crippen molar-refractivity contribution in [2.45, 2.75) is 39.8 Å². The predicted octanol–water partition coefficient (Wildman–Crippen LogP) is 3.95. The van der Waals surface area contributed by atoms with Crippen molar-refractivity contribution in [3.05, 3.63) is 64.2 Å². The maximum Gasteiger partial charge on any atom is 0.310 e. The van der Waals surface area contributed by atoms with Crippen molar-refractivity contribution in [3.8, 4) is 28.1 Å². The highest BCUT2D eigenvalue weighted by Crippen LogP contribution is 2.35. The summed E-state index contributed by atoms with van der Waals surface area (Å²) in [5, 5.41) is 0. The fraction of sp³-hybridized carbons (Fsp3) is 0.318. The third kappa shape index (κ3) is 3.67. The minimum atomic E-state index is -3.82. The lowest BCUT2D eigenvalue weighted by atomic mass is 9.96. The molecule has 0 atom stereocenters. The number of halogens is 1. The van der Waals surface area contributed by atoms with E-state index in [-0.39, 0.29) is 28.6 Å². The van der Waals surface area contributed by atoms with E-state index in [1.54, 1.807) is 21.5 Å². The van der Waals surface area contributed by atoms with Crippen LogP contribution in [0.3, 0.4) is 0 Å². The molecule has 158 valence electrons. The summed E-state index contributed by atoms with van der Waals surface area (Å²) < 4.78 is 46.5. The summed E-state index contributed by atoms with van der Waals surface area (Å²) in [6.45, 7) is 4.39. The van der Waals surface area contributed by atoms with Gasteiger partial charge in [-0.05, 0) is 67.1 Å². The predicted molar refractivity (Wildman–Crippen MR) is 114 cm³/mol. The Morgan fingerprint density at radius 3 is 2.30 bits per heavy atom. The van der Waals surface area contributed by atoms with Crippen LogP contribution < -0.4 is 9.74 Å². The molecule has 0 saturated heterocycles. The van der Waals surface area contributed by atoms with Gasteiger partial charge in [0.25, 0.3) is 5.56 Å². The van der Waals surface area contributed by atoms with Crippen LogP contribution in [0.25, 0.3) is 22.3 Å². The van der Waals surface area contributed by atoms with Crippen LogP contribution in [-0.2, 0) is 23.2 Å². The summed E-state index contributed by atoms with van der Waals surface area (Å²) in [7, 11) is -3.82. The summed E-state index contributed by atoms with van der Waals surface area (Å²) in [6, 6.07) is 11.7. The third-order valence-electron chi connectivity index (χ3n) is 5.42. The highest BCUT2D eigenvalue weighted by molar-refractivity contribution is 7.87. The van der Waals surface area contributed by atoms with Gasteiger partial charge in [-0.3, -0.25) is 4.79 Å². The maximum atomic E-state index is 13.3. The number of aromatic nitrogens is 2. The average molecular weight is 431 g/mol. The van der Waals surface area contributed by atoms with Gasteiger partial charge in [-0.2, -0.15) is 8.42 Å². The van der Waals surface area contributed by atoms with Crippen LogP contribution in [0.2, 0.25) is 0 Å². The van der Waals surface area contributed by atoms with E-state index in [2.05, 4.69) is 0 Å². The molecule has 0 fully saturated rings. The van der Waals surface area contributed by atoms with Crippen molar-refractivity contribution < 1.29 is 17.0 Å². The van der Waals surface area contributed by atoms with Gasteiger partial charge in [0, 0.05) is 13.1 Å². The molecule has 0 saturated carbocycles. The van der Waals surface area contributed by atoms with Crippen molar-refractivity contribution in [1.82, 2.24) is 9.36 Å². The molecule has 0 N–H and O–H groups in total. The second kappa shape index (κ2) is 7.75. The van der Waals surface area contributed by atoms with Gasteiger partial charge in [0.1, 0.15) is 11.4 Å². The standard InChI is InChI=1S/C22H23FN2O4S/c1-3-30(27,28)29-22-20(21(26)24-12-4-5-13-25(22)24)19-14-17(7-6-15(19)2)16-8-10-18(23)11-9-16/h6-11,14H,3-5,12-13H2,1-2H3. The third-order valence-corrected chi connectivity index (χ3v) is 6.54. The molecule has 3 aromatic rings. The minimum absolute atomic E-state index is 0.0703. The van der Waals surface area contributed by atoms with Crippen LogP contribution >= 0.6 is 0 Å². The number of hydrogen-bond acceptors (Lipinski definition) is 4. The normalized spacial score (nSPS) is 13.8. The van der Waals surface area contributed by atoms with Gasteiger partial charge < -0.3 is 4.18 Å². The van der Waals surface area contributed by atoms with E-state index in [0.717, 1.165) is 29.5 Å². The molecular weight excluding hydrogens is 407 g/mol. The number of fused-ring (bicyclic) bond motifs is 1. The van der Waals surface area contributed by atoms with Crippen molar-refractivity contribution in [1.29, 1.82) is 0 Å². The Bertz CT molecular complexity index is 1260. The average Bonchev–Trinajstić information content (AvgIpc) is 3.01. The lowest BCUT2D eigenvalue weighted by Gasteiger charge is -2.19. The lowest BCUT2D eigenvalue weighted by Crippen LogP contribution is -2.27. The van der Waals surface area contributed by atoms with E-state index in [1.807, 2.05) is 25.1 Å².